The van der Waals surface area contributed by atoms with Crippen LogP contribution in [0.2, 0.25) is 5.15 Å². The minimum atomic E-state index is -0.523. The lowest BCUT2D eigenvalue weighted by molar-refractivity contribution is -0.136. The summed E-state index contributed by atoms with van der Waals surface area (Å²) < 4.78 is 0. The van der Waals surface area contributed by atoms with Crippen molar-refractivity contribution >= 4 is 29.2 Å². The fourth-order valence-corrected chi connectivity index (χ4v) is 3.32. The molecule has 2 amide bonds. The molecule has 2 aromatic rings. The number of piperidine rings is 1. The van der Waals surface area contributed by atoms with Gasteiger partial charge in [0.05, 0.1) is 0 Å². The SMILES string of the molecule is CN(C)c1cc(C(=O)NC2CCCN(Cc3ccccc3)C2=O)cc(Cl)n1. The summed E-state index contributed by atoms with van der Waals surface area (Å²) in [5.74, 6) is 0.224. The average molecular weight is 387 g/mol. The Bertz CT molecular complexity index is 826. The van der Waals surface area contributed by atoms with Gasteiger partial charge in [-0.25, -0.2) is 4.98 Å². The van der Waals surface area contributed by atoms with Crippen LogP contribution in [0.3, 0.4) is 0 Å². The molecule has 1 atom stereocenters. The molecule has 1 N–H and O–H groups in total. The summed E-state index contributed by atoms with van der Waals surface area (Å²) in [4.78, 5) is 33.2. The molecule has 142 valence electrons. The van der Waals surface area contributed by atoms with Crippen LogP contribution in [0.25, 0.3) is 0 Å². The molecule has 0 saturated carbocycles. The van der Waals surface area contributed by atoms with Crippen molar-refractivity contribution in [3.05, 3.63) is 58.7 Å². The number of hydrogen-bond donors (Lipinski definition) is 1. The second-order valence-corrected chi connectivity index (χ2v) is 7.23. The van der Waals surface area contributed by atoms with Crippen molar-refractivity contribution in [2.75, 3.05) is 25.5 Å². The normalized spacial score (nSPS) is 16.9. The van der Waals surface area contributed by atoms with Crippen molar-refractivity contribution in [2.24, 2.45) is 0 Å². The molecule has 1 aromatic carbocycles. The molecule has 1 saturated heterocycles. The molecule has 2 heterocycles. The first-order chi connectivity index (χ1) is 12.9. The molecule has 1 unspecified atom stereocenters. The van der Waals surface area contributed by atoms with Crippen LogP contribution in [0.4, 0.5) is 5.82 Å². The zero-order valence-corrected chi connectivity index (χ0v) is 16.2. The maximum absolute atomic E-state index is 12.8. The molecule has 27 heavy (non-hydrogen) atoms. The monoisotopic (exact) mass is 386 g/mol. The van der Waals surface area contributed by atoms with Crippen molar-refractivity contribution in [3.8, 4) is 0 Å². The Kier molecular flexibility index (Phi) is 5.96. The Morgan fingerprint density at radius 3 is 2.74 bits per heavy atom. The van der Waals surface area contributed by atoms with E-state index in [2.05, 4.69) is 10.3 Å². The fourth-order valence-electron chi connectivity index (χ4n) is 3.12. The molecule has 0 aliphatic carbocycles. The summed E-state index contributed by atoms with van der Waals surface area (Å²) in [7, 11) is 3.65. The summed E-state index contributed by atoms with van der Waals surface area (Å²) in [5, 5.41) is 3.10. The van der Waals surface area contributed by atoms with E-state index in [0.717, 1.165) is 12.0 Å². The Labute approximate surface area is 164 Å². The Morgan fingerprint density at radius 1 is 1.30 bits per heavy atom. The summed E-state index contributed by atoms with van der Waals surface area (Å²) in [6.07, 6.45) is 1.48. The van der Waals surface area contributed by atoms with E-state index in [-0.39, 0.29) is 17.0 Å². The Balaban J connectivity index is 1.69. The number of benzene rings is 1. The van der Waals surface area contributed by atoms with Gasteiger partial charge >= 0.3 is 0 Å². The second kappa shape index (κ2) is 8.39. The molecular weight excluding hydrogens is 364 g/mol. The molecule has 0 radical (unpaired) electrons. The zero-order valence-electron chi connectivity index (χ0n) is 15.5. The zero-order chi connectivity index (χ0) is 19.4. The lowest BCUT2D eigenvalue weighted by Crippen LogP contribution is -2.51. The van der Waals surface area contributed by atoms with Crippen LogP contribution < -0.4 is 10.2 Å². The highest BCUT2D eigenvalue weighted by atomic mass is 35.5. The molecule has 1 aromatic heterocycles. The van der Waals surface area contributed by atoms with E-state index in [1.165, 1.54) is 6.07 Å². The van der Waals surface area contributed by atoms with E-state index in [9.17, 15) is 9.59 Å². The molecule has 1 fully saturated rings. The predicted octanol–water partition coefficient (Wildman–Crippen LogP) is 2.72. The van der Waals surface area contributed by atoms with E-state index in [1.54, 1.807) is 15.9 Å². The Hall–Kier alpha value is -2.60. The highest BCUT2D eigenvalue weighted by molar-refractivity contribution is 6.30. The van der Waals surface area contributed by atoms with Gasteiger partial charge in [0.25, 0.3) is 5.91 Å². The number of nitrogens with zero attached hydrogens (tertiary/aromatic N) is 3. The highest BCUT2D eigenvalue weighted by Crippen LogP contribution is 2.19. The van der Waals surface area contributed by atoms with E-state index < -0.39 is 6.04 Å². The third-order valence-electron chi connectivity index (χ3n) is 4.55. The summed E-state index contributed by atoms with van der Waals surface area (Å²) in [6.45, 7) is 1.25. The first-order valence-corrected chi connectivity index (χ1v) is 9.30. The van der Waals surface area contributed by atoms with Gasteiger partial charge in [0.15, 0.2) is 0 Å². The van der Waals surface area contributed by atoms with E-state index in [0.29, 0.717) is 30.9 Å². The van der Waals surface area contributed by atoms with Crippen LogP contribution in [0, 0.1) is 0 Å². The number of carbonyl (C=O) groups is 2. The van der Waals surface area contributed by atoms with Crippen LogP contribution in [-0.2, 0) is 11.3 Å². The van der Waals surface area contributed by atoms with Crippen LogP contribution >= 0.6 is 11.6 Å². The molecule has 0 bridgehead atoms. The number of likely N-dealkylation sites (tertiary alicyclic amines) is 1. The topological polar surface area (TPSA) is 65.5 Å². The first kappa shape index (κ1) is 19.2. The number of amides is 2. The van der Waals surface area contributed by atoms with Crippen molar-refractivity contribution in [1.29, 1.82) is 0 Å². The molecule has 3 rings (SSSR count). The van der Waals surface area contributed by atoms with Crippen LogP contribution in [0.15, 0.2) is 42.5 Å². The van der Waals surface area contributed by atoms with Gasteiger partial charge in [0.2, 0.25) is 5.91 Å². The van der Waals surface area contributed by atoms with Gasteiger partial charge in [-0.3, -0.25) is 9.59 Å². The van der Waals surface area contributed by atoms with Crippen molar-refractivity contribution in [2.45, 2.75) is 25.4 Å². The van der Waals surface area contributed by atoms with E-state index in [4.69, 9.17) is 11.6 Å². The van der Waals surface area contributed by atoms with Crippen LogP contribution in [0.5, 0.6) is 0 Å². The number of halogens is 1. The minimum Gasteiger partial charge on any atom is -0.363 e. The van der Waals surface area contributed by atoms with Crippen LogP contribution in [0.1, 0.15) is 28.8 Å². The van der Waals surface area contributed by atoms with Crippen LogP contribution in [-0.4, -0.2) is 48.4 Å². The predicted molar refractivity (Wildman–Crippen MR) is 106 cm³/mol. The van der Waals surface area contributed by atoms with Gasteiger partial charge in [-0.1, -0.05) is 41.9 Å². The number of pyridine rings is 1. The molecule has 6 nitrogen and oxygen atoms in total. The lowest BCUT2D eigenvalue weighted by Gasteiger charge is -2.32. The van der Waals surface area contributed by atoms with Gasteiger partial charge in [0, 0.05) is 32.7 Å². The maximum Gasteiger partial charge on any atom is 0.252 e. The molecule has 1 aliphatic rings. The lowest BCUT2D eigenvalue weighted by atomic mass is 10.0. The van der Waals surface area contributed by atoms with Gasteiger partial charge in [0.1, 0.15) is 17.0 Å². The third kappa shape index (κ3) is 4.77. The van der Waals surface area contributed by atoms with Gasteiger partial charge in [-0.2, -0.15) is 0 Å². The molecule has 1 aliphatic heterocycles. The number of rotatable bonds is 5. The fraction of sp³-hybridized carbons (Fsp3) is 0.350. The number of hydrogen-bond acceptors (Lipinski definition) is 4. The quantitative estimate of drug-likeness (QED) is 0.802. The maximum atomic E-state index is 12.8. The highest BCUT2D eigenvalue weighted by Gasteiger charge is 2.30. The number of anilines is 1. The number of aromatic nitrogens is 1. The largest absolute Gasteiger partial charge is 0.363 e. The van der Waals surface area contributed by atoms with Crippen molar-refractivity contribution in [3.63, 3.8) is 0 Å². The molecule has 0 spiro atoms. The van der Waals surface area contributed by atoms with E-state index >= 15 is 0 Å². The summed E-state index contributed by atoms with van der Waals surface area (Å²) >= 11 is 6.03. The second-order valence-electron chi connectivity index (χ2n) is 6.84. The molecular formula is C20H23ClN4O2. The molecule has 7 heteroatoms. The Morgan fingerprint density at radius 2 is 2.04 bits per heavy atom. The summed E-state index contributed by atoms with van der Waals surface area (Å²) in [5.41, 5.74) is 1.47. The van der Waals surface area contributed by atoms with Gasteiger partial charge < -0.3 is 15.1 Å². The minimum absolute atomic E-state index is 0.0496. The van der Waals surface area contributed by atoms with Crippen molar-refractivity contribution < 1.29 is 9.59 Å². The van der Waals surface area contributed by atoms with Gasteiger partial charge in [-0.15, -0.1) is 0 Å². The third-order valence-corrected chi connectivity index (χ3v) is 4.75. The summed E-state index contributed by atoms with van der Waals surface area (Å²) in [6, 6.07) is 12.5. The van der Waals surface area contributed by atoms with Gasteiger partial charge in [-0.05, 0) is 30.5 Å². The number of nitrogens with one attached hydrogen (secondary N) is 1. The first-order valence-electron chi connectivity index (χ1n) is 8.92. The standard InChI is InChI=1S/C20H23ClN4O2/c1-24(2)18-12-15(11-17(21)23-18)19(26)22-16-9-6-10-25(20(16)27)13-14-7-4-3-5-8-14/h3-5,7-8,11-12,16H,6,9-10,13H2,1-2H3,(H,22,26). The smallest absolute Gasteiger partial charge is 0.252 e. The number of carbonyl (C=O) groups excluding carboxylic acids is 2. The van der Waals surface area contributed by atoms with Crippen molar-refractivity contribution in [1.82, 2.24) is 15.2 Å². The van der Waals surface area contributed by atoms with E-state index in [1.807, 2.05) is 44.4 Å². The average Bonchev–Trinajstić information content (AvgIpc) is 2.65.